The summed E-state index contributed by atoms with van der Waals surface area (Å²) in [7, 11) is 2.97. The number of ketones is 1. The van der Waals surface area contributed by atoms with Crippen molar-refractivity contribution in [3.63, 3.8) is 0 Å². The number of Topliss-reactive ketones (excluding diaryl/α,β-unsaturated/α-hetero) is 1. The second-order valence-corrected chi connectivity index (χ2v) is 7.86. The van der Waals surface area contributed by atoms with Gasteiger partial charge >= 0.3 is 0 Å². The Morgan fingerprint density at radius 2 is 1.76 bits per heavy atom. The Balaban J connectivity index is 1.94. The topological polar surface area (TPSA) is 99.9 Å². The maximum Gasteiger partial charge on any atom is 0.300 e. The van der Waals surface area contributed by atoms with E-state index >= 15 is 0 Å². The van der Waals surface area contributed by atoms with E-state index in [4.69, 9.17) is 26.3 Å². The van der Waals surface area contributed by atoms with Crippen LogP contribution in [0.5, 0.6) is 11.5 Å². The van der Waals surface area contributed by atoms with Crippen molar-refractivity contribution in [2.24, 2.45) is 0 Å². The van der Waals surface area contributed by atoms with Crippen LogP contribution >= 0.6 is 11.6 Å². The molecule has 3 aromatic carbocycles. The van der Waals surface area contributed by atoms with Crippen LogP contribution in [0.4, 0.5) is 5.69 Å². The minimum atomic E-state index is -0.941. The number of halogens is 1. The number of nitrogens with zero attached hydrogens (tertiary/aromatic N) is 2. The van der Waals surface area contributed by atoms with E-state index in [-0.39, 0.29) is 21.9 Å². The van der Waals surface area contributed by atoms with Crippen LogP contribution in [0.3, 0.4) is 0 Å². The Labute approximate surface area is 201 Å². The first-order valence-electron chi connectivity index (χ1n) is 10.2. The third-order valence-electron chi connectivity index (χ3n) is 5.55. The molecule has 7 nitrogen and oxygen atoms in total. The van der Waals surface area contributed by atoms with Gasteiger partial charge < -0.3 is 14.6 Å². The number of anilines is 1. The van der Waals surface area contributed by atoms with Crippen LogP contribution in [0.2, 0.25) is 5.02 Å². The van der Waals surface area contributed by atoms with E-state index in [2.05, 4.69) is 0 Å². The molecule has 170 valence electrons. The first kappa shape index (κ1) is 22.9. The summed E-state index contributed by atoms with van der Waals surface area (Å²) in [6.07, 6.45) is 0. The molecule has 1 saturated heterocycles. The number of rotatable bonds is 5. The number of aliphatic hydroxyl groups excluding tert-OH is 1. The fourth-order valence-electron chi connectivity index (χ4n) is 3.89. The molecule has 1 atom stereocenters. The minimum absolute atomic E-state index is 0.0937. The van der Waals surface area contributed by atoms with Crippen molar-refractivity contribution < 1.29 is 24.2 Å². The van der Waals surface area contributed by atoms with Gasteiger partial charge in [-0.3, -0.25) is 14.5 Å². The molecule has 1 amide bonds. The number of nitriles is 1. The number of benzene rings is 3. The number of ether oxygens (including phenoxy) is 2. The van der Waals surface area contributed by atoms with Crippen molar-refractivity contribution in [3.05, 3.63) is 94.0 Å². The van der Waals surface area contributed by atoms with Crippen LogP contribution in [-0.2, 0) is 9.59 Å². The number of methoxy groups -OCH3 is 2. The van der Waals surface area contributed by atoms with Gasteiger partial charge in [-0.15, -0.1) is 0 Å². The Kier molecular flexibility index (Phi) is 6.26. The highest BCUT2D eigenvalue weighted by molar-refractivity contribution is 6.51. The van der Waals surface area contributed by atoms with E-state index in [9.17, 15) is 14.7 Å². The van der Waals surface area contributed by atoms with Gasteiger partial charge in [-0.1, -0.05) is 23.7 Å². The standard InChI is InChI=1S/C26H19ClN2O5/c1-33-19-5-3-4-16(12-19)23-22(24(30)17-8-11-21(34-2)20(27)13-17)25(31)26(32)29(23)18-9-6-15(14-28)7-10-18/h3-13,23,30H,1-2H3/b24-22-. The van der Waals surface area contributed by atoms with Gasteiger partial charge in [0.25, 0.3) is 11.7 Å². The molecule has 0 saturated carbocycles. The summed E-state index contributed by atoms with van der Waals surface area (Å²) in [5, 5.41) is 20.6. The molecule has 4 rings (SSSR count). The Morgan fingerprint density at radius 3 is 2.38 bits per heavy atom. The Morgan fingerprint density at radius 1 is 1.03 bits per heavy atom. The van der Waals surface area contributed by atoms with E-state index in [0.29, 0.717) is 28.3 Å². The number of hydrogen-bond acceptors (Lipinski definition) is 6. The van der Waals surface area contributed by atoms with Crippen LogP contribution in [0, 0.1) is 11.3 Å². The molecule has 0 aliphatic carbocycles. The lowest BCUT2D eigenvalue weighted by Gasteiger charge is -2.25. The molecule has 3 aromatic rings. The van der Waals surface area contributed by atoms with Crippen molar-refractivity contribution in [1.82, 2.24) is 0 Å². The Hall–Kier alpha value is -4.28. The van der Waals surface area contributed by atoms with Gasteiger partial charge in [0.15, 0.2) is 0 Å². The van der Waals surface area contributed by atoms with Crippen LogP contribution in [0.15, 0.2) is 72.3 Å². The maximum absolute atomic E-state index is 13.2. The predicted molar refractivity (Wildman–Crippen MR) is 127 cm³/mol. The molecule has 1 N–H and O–H groups in total. The predicted octanol–water partition coefficient (Wildman–Crippen LogP) is 4.86. The average molecular weight is 475 g/mol. The van der Waals surface area contributed by atoms with Crippen LogP contribution in [0.1, 0.15) is 22.7 Å². The normalized spacial score (nSPS) is 16.9. The van der Waals surface area contributed by atoms with Crippen LogP contribution < -0.4 is 14.4 Å². The minimum Gasteiger partial charge on any atom is -0.507 e. The number of amides is 1. The first-order valence-corrected chi connectivity index (χ1v) is 10.6. The van der Waals surface area contributed by atoms with Gasteiger partial charge in [0.05, 0.1) is 42.5 Å². The summed E-state index contributed by atoms with van der Waals surface area (Å²) >= 11 is 6.23. The average Bonchev–Trinajstić information content (AvgIpc) is 3.13. The largest absolute Gasteiger partial charge is 0.507 e. The molecule has 1 aliphatic rings. The molecule has 0 bridgehead atoms. The lowest BCUT2D eigenvalue weighted by Crippen LogP contribution is -2.29. The fourth-order valence-corrected chi connectivity index (χ4v) is 4.15. The number of aliphatic hydroxyl groups is 1. The highest BCUT2D eigenvalue weighted by Crippen LogP contribution is 2.43. The zero-order valence-electron chi connectivity index (χ0n) is 18.3. The number of carbonyl (C=O) groups excluding carboxylic acids is 2. The molecular formula is C26H19ClN2O5. The van der Waals surface area contributed by atoms with E-state index in [1.165, 1.54) is 25.2 Å². The quantitative estimate of drug-likeness (QED) is 0.322. The van der Waals surface area contributed by atoms with Gasteiger partial charge in [0.2, 0.25) is 0 Å². The smallest absolute Gasteiger partial charge is 0.300 e. The summed E-state index contributed by atoms with van der Waals surface area (Å²) in [6, 6.07) is 18.9. The third-order valence-corrected chi connectivity index (χ3v) is 5.85. The van der Waals surface area contributed by atoms with Gasteiger partial charge in [0.1, 0.15) is 17.3 Å². The molecule has 1 heterocycles. The summed E-state index contributed by atoms with van der Waals surface area (Å²) in [5.74, 6) is -1.09. The first-order chi connectivity index (χ1) is 16.4. The second kappa shape index (κ2) is 9.30. The molecule has 1 unspecified atom stereocenters. The highest BCUT2D eigenvalue weighted by Gasteiger charge is 2.47. The zero-order valence-corrected chi connectivity index (χ0v) is 19.0. The lowest BCUT2D eigenvalue weighted by atomic mass is 9.95. The molecule has 8 heteroatoms. The van der Waals surface area contributed by atoms with Gasteiger partial charge in [-0.2, -0.15) is 5.26 Å². The summed E-state index contributed by atoms with van der Waals surface area (Å²) in [4.78, 5) is 27.7. The van der Waals surface area contributed by atoms with E-state index in [1.54, 1.807) is 60.7 Å². The Bertz CT molecular complexity index is 1360. The van der Waals surface area contributed by atoms with Crippen molar-refractivity contribution >= 4 is 34.7 Å². The van der Waals surface area contributed by atoms with E-state index in [0.717, 1.165) is 0 Å². The van der Waals surface area contributed by atoms with Crippen molar-refractivity contribution in [2.45, 2.75) is 6.04 Å². The molecule has 34 heavy (non-hydrogen) atoms. The van der Waals surface area contributed by atoms with Gasteiger partial charge in [0, 0.05) is 11.3 Å². The highest BCUT2D eigenvalue weighted by atomic mass is 35.5. The van der Waals surface area contributed by atoms with Crippen LogP contribution in [0.25, 0.3) is 5.76 Å². The molecule has 1 aliphatic heterocycles. The summed E-state index contributed by atoms with van der Waals surface area (Å²) in [6.45, 7) is 0. The second-order valence-electron chi connectivity index (χ2n) is 7.45. The maximum atomic E-state index is 13.2. The van der Waals surface area contributed by atoms with Gasteiger partial charge in [-0.25, -0.2) is 0 Å². The van der Waals surface area contributed by atoms with Crippen LogP contribution in [-0.4, -0.2) is 31.0 Å². The van der Waals surface area contributed by atoms with Gasteiger partial charge in [-0.05, 0) is 60.2 Å². The summed E-state index contributed by atoms with van der Waals surface area (Å²) in [5.41, 5.74) is 1.54. The molecule has 0 spiro atoms. The fraction of sp³-hybridized carbons (Fsp3) is 0.115. The molecule has 0 aromatic heterocycles. The van der Waals surface area contributed by atoms with Crippen molar-refractivity contribution in [2.75, 3.05) is 19.1 Å². The third kappa shape index (κ3) is 3.96. The molecule has 0 radical (unpaired) electrons. The lowest BCUT2D eigenvalue weighted by molar-refractivity contribution is -0.132. The monoisotopic (exact) mass is 474 g/mol. The zero-order chi connectivity index (χ0) is 24.4. The molecule has 1 fully saturated rings. The molecular weight excluding hydrogens is 456 g/mol. The number of hydrogen-bond donors (Lipinski definition) is 1. The number of carbonyl (C=O) groups is 2. The van der Waals surface area contributed by atoms with Crippen molar-refractivity contribution in [3.8, 4) is 17.6 Å². The van der Waals surface area contributed by atoms with E-state index in [1.807, 2.05) is 6.07 Å². The summed E-state index contributed by atoms with van der Waals surface area (Å²) < 4.78 is 10.5. The van der Waals surface area contributed by atoms with Crippen molar-refractivity contribution in [1.29, 1.82) is 5.26 Å². The SMILES string of the molecule is COc1cccc(C2/C(=C(/O)c3ccc(OC)c(Cl)c3)C(=O)C(=O)N2c2ccc(C#N)cc2)c1. The van der Waals surface area contributed by atoms with E-state index < -0.39 is 17.7 Å².